The molecule has 0 aromatic carbocycles. The smallest absolute Gasteiger partial charge is 0.323 e. The minimum absolute atomic E-state index is 0.0861. The lowest BCUT2D eigenvalue weighted by Gasteiger charge is -2.20. The van der Waals surface area contributed by atoms with Gasteiger partial charge < -0.3 is 10.1 Å². The summed E-state index contributed by atoms with van der Waals surface area (Å²) in [6, 6.07) is -0.716. The Balaban J connectivity index is 2.47. The van der Waals surface area contributed by atoms with Gasteiger partial charge in [0.05, 0.1) is 13.2 Å². The Hall–Kier alpha value is -1.10. The molecule has 2 atom stereocenters. The lowest BCUT2D eigenvalue weighted by atomic mass is 10.1. The van der Waals surface area contributed by atoms with Gasteiger partial charge in [0.15, 0.2) is 0 Å². The van der Waals surface area contributed by atoms with Gasteiger partial charge in [-0.1, -0.05) is 0 Å². The maximum atomic E-state index is 11.5. The van der Waals surface area contributed by atoms with Crippen molar-refractivity contribution in [1.82, 2.24) is 10.6 Å². The average molecular weight is 228 g/mol. The second-order valence-corrected chi connectivity index (χ2v) is 4.12. The number of amides is 1. The van der Waals surface area contributed by atoms with E-state index in [1.807, 2.05) is 6.92 Å². The second-order valence-electron chi connectivity index (χ2n) is 4.12. The Morgan fingerprint density at radius 2 is 2.06 bits per heavy atom. The fourth-order valence-electron chi connectivity index (χ4n) is 1.63. The molecular formula is C11H20N2O3. The van der Waals surface area contributed by atoms with E-state index in [0.29, 0.717) is 12.5 Å². The van der Waals surface area contributed by atoms with Crippen LogP contribution in [0.2, 0.25) is 0 Å². The SMILES string of the molecule is CCNC(=O)C(C)NC(C(=O)OC)C1CC1. The first-order chi connectivity index (χ1) is 7.60. The Labute approximate surface area is 95.9 Å². The molecule has 0 aromatic rings. The third-order valence-corrected chi connectivity index (χ3v) is 2.72. The quantitative estimate of drug-likeness (QED) is 0.630. The largest absolute Gasteiger partial charge is 0.468 e. The van der Waals surface area contributed by atoms with E-state index in [1.54, 1.807) is 6.92 Å². The summed E-state index contributed by atoms with van der Waals surface area (Å²) in [7, 11) is 1.37. The van der Waals surface area contributed by atoms with E-state index >= 15 is 0 Å². The molecule has 0 aliphatic heterocycles. The van der Waals surface area contributed by atoms with Crippen LogP contribution in [0.25, 0.3) is 0 Å². The minimum Gasteiger partial charge on any atom is -0.468 e. The number of methoxy groups -OCH3 is 1. The number of hydrogen-bond donors (Lipinski definition) is 2. The monoisotopic (exact) mass is 228 g/mol. The van der Waals surface area contributed by atoms with Crippen LogP contribution in [0.15, 0.2) is 0 Å². The molecule has 0 bridgehead atoms. The molecule has 5 heteroatoms. The third kappa shape index (κ3) is 3.48. The van der Waals surface area contributed by atoms with Crippen LogP contribution in [0.5, 0.6) is 0 Å². The van der Waals surface area contributed by atoms with Crippen molar-refractivity contribution in [2.75, 3.05) is 13.7 Å². The van der Waals surface area contributed by atoms with Crippen molar-refractivity contribution in [2.24, 2.45) is 5.92 Å². The first kappa shape index (κ1) is 13.0. The minimum atomic E-state index is -0.371. The van der Waals surface area contributed by atoms with Gasteiger partial charge in [0.2, 0.25) is 5.91 Å². The highest BCUT2D eigenvalue weighted by molar-refractivity contribution is 5.83. The highest BCUT2D eigenvalue weighted by atomic mass is 16.5. The lowest BCUT2D eigenvalue weighted by molar-refractivity contribution is -0.144. The molecule has 1 saturated carbocycles. The second kappa shape index (κ2) is 5.84. The van der Waals surface area contributed by atoms with Crippen molar-refractivity contribution in [3.8, 4) is 0 Å². The van der Waals surface area contributed by atoms with E-state index in [-0.39, 0.29) is 24.0 Å². The summed E-state index contributed by atoms with van der Waals surface area (Å²) in [5.74, 6) is -0.0416. The molecule has 92 valence electrons. The predicted molar refractivity (Wildman–Crippen MR) is 59.8 cm³/mol. The van der Waals surface area contributed by atoms with E-state index in [2.05, 4.69) is 10.6 Å². The van der Waals surface area contributed by atoms with Crippen molar-refractivity contribution >= 4 is 11.9 Å². The fourth-order valence-corrected chi connectivity index (χ4v) is 1.63. The highest BCUT2D eigenvalue weighted by Gasteiger charge is 2.38. The Morgan fingerprint density at radius 1 is 1.44 bits per heavy atom. The van der Waals surface area contributed by atoms with Crippen LogP contribution in [0.3, 0.4) is 0 Å². The number of ether oxygens (including phenoxy) is 1. The van der Waals surface area contributed by atoms with Gasteiger partial charge in [-0.3, -0.25) is 14.9 Å². The summed E-state index contributed by atoms with van der Waals surface area (Å²) in [6.45, 7) is 4.21. The van der Waals surface area contributed by atoms with Gasteiger partial charge in [0, 0.05) is 6.54 Å². The van der Waals surface area contributed by atoms with Crippen LogP contribution in [-0.2, 0) is 14.3 Å². The zero-order valence-electron chi connectivity index (χ0n) is 10.1. The van der Waals surface area contributed by atoms with E-state index in [4.69, 9.17) is 4.74 Å². The molecular weight excluding hydrogens is 208 g/mol. The molecule has 0 radical (unpaired) electrons. The van der Waals surface area contributed by atoms with Crippen molar-refractivity contribution in [2.45, 2.75) is 38.8 Å². The topological polar surface area (TPSA) is 67.4 Å². The number of nitrogens with one attached hydrogen (secondary N) is 2. The van der Waals surface area contributed by atoms with E-state index in [9.17, 15) is 9.59 Å². The zero-order valence-corrected chi connectivity index (χ0v) is 10.1. The Kier molecular flexibility index (Phi) is 4.73. The predicted octanol–water partition coefficient (Wildman–Crippen LogP) is 0.0522. The van der Waals surface area contributed by atoms with Crippen molar-refractivity contribution in [1.29, 1.82) is 0 Å². The van der Waals surface area contributed by atoms with Crippen LogP contribution in [0.4, 0.5) is 0 Å². The normalized spacial score (nSPS) is 18.7. The molecule has 1 aliphatic rings. The summed E-state index contributed by atoms with van der Waals surface area (Å²) < 4.78 is 4.72. The number of esters is 1. The summed E-state index contributed by atoms with van der Waals surface area (Å²) in [4.78, 5) is 23.0. The molecule has 1 amide bonds. The van der Waals surface area contributed by atoms with E-state index < -0.39 is 0 Å². The molecule has 1 rings (SSSR count). The van der Waals surface area contributed by atoms with Crippen molar-refractivity contribution in [3.63, 3.8) is 0 Å². The van der Waals surface area contributed by atoms with Crippen LogP contribution < -0.4 is 10.6 Å². The van der Waals surface area contributed by atoms with Crippen molar-refractivity contribution in [3.05, 3.63) is 0 Å². The average Bonchev–Trinajstić information content (AvgIpc) is 3.08. The third-order valence-electron chi connectivity index (χ3n) is 2.72. The van der Waals surface area contributed by atoms with Crippen LogP contribution in [-0.4, -0.2) is 37.6 Å². The maximum Gasteiger partial charge on any atom is 0.323 e. The lowest BCUT2D eigenvalue weighted by Crippen LogP contribution is -2.50. The molecule has 0 heterocycles. The summed E-state index contributed by atoms with van der Waals surface area (Å²) in [6.07, 6.45) is 2.05. The number of rotatable bonds is 6. The Bertz CT molecular complexity index is 264. The standard InChI is InChI=1S/C11H20N2O3/c1-4-12-10(14)7(2)13-9(8-5-6-8)11(15)16-3/h7-9,13H,4-6H2,1-3H3,(H,12,14). The van der Waals surface area contributed by atoms with Crippen molar-refractivity contribution < 1.29 is 14.3 Å². The summed E-state index contributed by atoms with van der Waals surface area (Å²) in [5.41, 5.74) is 0. The maximum absolute atomic E-state index is 11.5. The van der Waals surface area contributed by atoms with Gasteiger partial charge in [0.1, 0.15) is 6.04 Å². The molecule has 1 fully saturated rings. The number of likely N-dealkylation sites (N-methyl/N-ethyl adjacent to an activating group) is 1. The number of carbonyl (C=O) groups excluding carboxylic acids is 2. The van der Waals surface area contributed by atoms with Gasteiger partial charge in [-0.05, 0) is 32.6 Å². The molecule has 1 aliphatic carbocycles. The first-order valence-electron chi connectivity index (χ1n) is 5.71. The van der Waals surface area contributed by atoms with Gasteiger partial charge in [0.25, 0.3) is 0 Å². The van der Waals surface area contributed by atoms with E-state index in [1.165, 1.54) is 7.11 Å². The molecule has 0 spiro atoms. The number of hydrogen-bond acceptors (Lipinski definition) is 4. The Morgan fingerprint density at radius 3 is 2.50 bits per heavy atom. The molecule has 5 nitrogen and oxygen atoms in total. The molecule has 0 saturated heterocycles. The first-order valence-corrected chi connectivity index (χ1v) is 5.71. The van der Waals surface area contributed by atoms with E-state index in [0.717, 1.165) is 12.8 Å². The van der Waals surface area contributed by atoms with Gasteiger partial charge >= 0.3 is 5.97 Å². The zero-order chi connectivity index (χ0) is 12.1. The molecule has 16 heavy (non-hydrogen) atoms. The van der Waals surface area contributed by atoms with Gasteiger partial charge in [-0.2, -0.15) is 0 Å². The van der Waals surface area contributed by atoms with Crippen LogP contribution in [0, 0.1) is 5.92 Å². The molecule has 0 aromatic heterocycles. The van der Waals surface area contributed by atoms with Gasteiger partial charge in [-0.25, -0.2) is 0 Å². The molecule has 2 unspecified atom stereocenters. The van der Waals surface area contributed by atoms with Crippen LogP contribution >= 0.6 is 0 Å². The number of carbonyl (C=O) groups is 2. The highest BCUT2D eigenvalue weighted by Crippen LogP contribution is 2.33. The van der Waals surface area contributed by atoms with Gasteiger partial charge in [-0.15, -0.1) is 0 Å². The fraction of sp³-hybridized carbons (Fsp3) is 0.818. The summed E-state index contributed by atoms with van der Waals surface area (Å²) in [5, 5.41) is 5.74. The summed E-state index contributed by atoms with van der Waals surface area (Å²) >= 11 is 0. The molecule has 2 N–H and O–H groups in total. The van der Waals surface area contributed by atoms with Crippen LogP contribution in [0.1, 0.15) is 26.7 Å².